The van der Waals surface area contributed by atoms with Gasteiger partial charge in [0.2, 0.25) is 5.95 Å². The SMILES string of the molecule is CC(C)(C)NC(=O)N1CCN(c2ncc(-c3cccc(C(F)(F)F)c3)[nH]2)CC1. The van der Waals surface area contributed by atoms with Crippen LogP contribution in [0.15, 0.2) is 30.5 Å². The summed E-state index contributed by atoms with van der Waals surface area (Å²) in [4.78, 5) is 23.4. The van der Waals surface area contributed by atoms with Gasteiger partial charge < -0.3 is 20.1 Å². The minimum Gasteiger partial charge on any atom is -0.339 e. The molecule has 1 saturated heterocycles. The van der Waals surface area contributed by atoms with Crippen LogP contribution in [0.4, 0.5) is 23.9 Å². The van der Waals surface area contributed by atoms with Crippen LogP contribution in [0.1, 0.15) is 26.3 Å². The van der Waals surface area contributed by atoms with E-state index in [9.17, 15) is 18.0 Å². The maximum atomic E-state index is 12.9. The molecule has 0 radical (unpaired) electrons. The Hall–Kier alpha value is -2.71. The Kier molecular flexibility index (Phi) is 5.27. The number of aromatic nitrogens is 2. The number of amides is 2. The molecule has 2 heterocycles. The van der Waals surface area contributed by atoms with Gasteiger partial charge in [-0.2, -0.15) is 13.2 Å². The fourth-order valence-corrected chi connectivity index (χ4v) is 3.00. The van der Waals surface area contributed by atoms with E-state index in [1.165, 1.54) is 12.3 Å². The molecule has 2 N–H and O–H groups in total. The van der Waals surface area contributed by atoms with Gasteiger partial charge in [-0.3, -0.25) is 0 Å². The first-order chi connectivity index (χ1) is 13.0. The number of halogens is 3. The lowest BCUT2D eigenvalue weighted by Crippen LogP contribution is -2.55. The molecule has 1 aliphatic heterocycles. The first-order valence-electron chi connectivity index (χ1n) is 9.08. The van der Waals surface area contributed by atoms with E-state index in [-0.39, 0.29) is 11.6 Å². The second-order valence-electron chi connectivity index (χ2n) is 7.85. The summed E-state index contributed by atoms with van der Waals surface area (Å²) in [5.41, 5.74) is -0.0415. The van der Waals surface area contributed by atoms with Crippen molar-refractivity contribution in [3.63, 3.8) is 0 Å². The fraction of sp³-hybridized carbons (Fsp3) is 0.474. The van der Waals surface area contributed by atoms with Crippen LogP contribution >= 0.6 is 0 Å². The average molecular weight is 395 g/mol. The molecule has 3 rings (SSSR count). The molecule has 0 saturated carbocycles. The highest BCUT2D eigenvalue weighted by Crippen LogP contribution is 2.32. The number of piperazine rings is 1. The molecule has 0 atom stereocenters. The van der Waals surface area contributed by atoms with Crippen molar-refractivity contribution >= 4 is 12.0 Å². The second-order valence-corrected chi connectivity index (χ2v) is 7.85. The topological polar surface area (TPSA) is 64.3 Å². The highest BCUT2D eigenvalue weighted by Gasteiger charge is 2.30. The summed E-state index contributed by atoms with van der Waals surface area (Å²) in [5.74, 6) is 0.586. The molecule has 0 aliphatic carbocycles. The van der Waals surface area contributed by atoms with Crippen molar-refractivity contribution in [2.24, 2.45) is 0 Å². The monoisotopic (exact) mass is 395 g/mol. The molecule has 0 bridgehead atoms. The number of benzene rings is 1. The van der Waals surface area contributed by atoms with Crippen LogP contribution in [0.25, 0.3) is 11.3 Å². The van der Waals surface area contributed by atoms with Gasteiger partial charge in [-0.05, 0) is 32.9 Å². The summed E-state index contributed by atoms with van der Waals surface area (Å²) < 4.78 is 38.7. The highest BCUT2D eigenvalue weighted by atomic mass is 19.4. The summed E-state index contributed by atoms with van der Waals surface area (Å²) in [7, 11) is 0. The van der Waals surface area contributed by atoms with E-state index in [2.05, 4.69) is 15.3 Å². The third kappa shape index (κ3) is 4.76. The maximum Gasteiger partial charge on any atom is 0.416 e. The molecule has 1 aromatic carbocycles. The number of urea groups is 1. The van der Waals surface area contributed by atoms with Crippen molar-refractivity contribution in [3.8, 4) is 11.3 Å². The first-order valence-corrected chi connectivity index (χ1v) is 9.08. The minimum atomic E-state index is -4.39. The number of carbonyl (C=O) groups is 1. The summed E-state index contributed by atoms with van der Waals surface area (Å²) >= 11 is 0. The predicted molar refractivity (Wildman–Crippen MR) is 101 cm³/mol. The van der Waals surface area contributed by atoms with E-state index in [1.807, 2.05) is 25.7 Å². The van der Waals surface area contributed by atoms with Crippen LogP contribution in [0.5, 0.6) is 0 Å². The number of nitrogens with zero attached hydrogens (tertiary/aromatic N) is 3. The lowest BCUT2D eigenvalue weighted by Gasteiger charge is -2.36. The number of nitrogens with one attached hydrogen (secondary N) is 2. The molecule has 2 amide bonds. The smallest absolute Gasteiger partial charge is 0.339 e. The molecule has 0 spiro atoms. The third-order valence-corrected chi connectivity index (χ3v) is 4.41. The summed E-state index contributed by atoms with van der Waals surface area (Å²) in [6.07, 6.45) is -2.85. The van der Waals surface area contributed by atoms with Gasteiger partial charge in [0.1, 0.15) is 0 Å². The Morgan fingerprint density at radius 2 is 1.82 bits per heavy atom. The van der Waals surface area contributed by atoms with Crippen molar-refractivity contribution in [2.45, 2.75) is 32.5 Å². The minimum absolute atomic E-state index is 0.101. The summed E-state index contributed by atoms with van der Waals surface area (Å²) in [5, 5.41) is 2.94. The molecule has 1 aliphatic rings. The molecule has 1 aromatic heterocycles. The molecule has 2 aromatic rings. The van der Waals surface area contributed by atoms with E-state index < -0.39 is 11.7 Å². The van der Waals surface area contributed by atoms with Crippen molar-refractivity contribution in [1.29, 1.82) is 0 Å². The van der Waals surface area contributed by atoms with E-state index in [4.69, 9.17) is 0 Å². The third-order valence-electron chi connectivity index (χ3n) is 4.41. The van der Waals surface area contributed by atoms with Gasteiger partial charge in [0.05, 0.1) is 17.5 Å². The molecule has 1 fully saturated rings. The van der Waals surface area contributed by atoms with E-state index in [1.54, 1.807) is 11.0 Å². The Morgan fingerprint density at radius 1 is 1.14 bits per heavy atom. The number of aromatic amines is 1. The molecular weight excluding hydrogens is 371 g/mol. The van der Waals surface area contributed by atoms with Gasteiger partial charge in [0.25, 0.3) is 0 Å². The van der Waals surface area contributed by atoms with Crippen LogP contribution in [0.3, 0.4) is 0 Å². The number of imidazole rings is 1. The van der Waals surface area contributed by atoms with E-state index in [0.717, 1.165) is 12.1 Å². The van der Waals surface area contributed by atoms with Crippen LogP contribution in [0.2, 0.25) is 0 Å². The van der Waals surface area contributed by atoms with Crippen LogP contribution in [-0.2, 0) is 6.18 Å². The molecule has 152 valence electrons. The lowest BCUT2D eigenvalue weighted by molar-refractivity contribution is -0.137. The zero-order chi connectivity index (χ0) is 20.5. The quantitative estimate of drug-likeness (QED) is 0.815. The molecule has 0 unspecified atom stereocenters. The van der Waals surface area contributed by atoms with Gasteiger partial charge in [0.15, 0.2) is 0 Å². The Balaban J connectivity index is 1.65. The largest absolute Gasteiger partial charge is 0.416 e. The number of carbonyl (C=O) groups excluding carboxylic acids is 1. The van der Waals surface area contributed by atoms with Gasteiger partial charge in [-0.1, -0.05) is 12.1 Å². The normalized spacial score (nSPS) is 15.6. The predicted octanol–water partition coefficient (Wildman–Crippen LogP) is 3.73. The Morgan fingerprint density at radius 3 is 2.43 bits per heavy atom. The van der Waals surface area contributed by atoms with Crippen molar-refractivity contribution in [2.75, 3.05) is 31.1 Å². The van der Waals surface area contributed by atoms with Gasteiger partial charge in [-0.15, -0.1) is 0 Å². The molecule has 9 heteroatoms. The number of hydrogen-bond donors (Lipinski definition) is 2. The zero-order valence-corrected chi connectivity index (χ0v) is 16.1. The Labute approximate surface area is 161 Å². The number of H-pyrrole nitrogens is 1. The Bertz CT molecular complexity index is 833. The molecule has 28 heavy (non-hydrogen) atoms. The van der Waals surface area contributed by atoms with Gasteiger partial charge in [0, 0.05) is 37.3 Å². The first kappa shape index (κ1) is 20.0. The second kappa shape index (κ2) is 7.37. The van der Waals surface area contributed by atoms with Crippen molar-refractivity contribution in [1.82, 2.24) is 20.2 Å². The van der Waals surface area contributed by atoms with Crippen molar-refractivity contribution in [3.05, 3.63) is 36.0 Å². The average Bonchev–Trinajstić information content (AvgIpc) is 3.10. The van der Waals surface area contributed by atoms with Crippen LogP contribution in [-0.4, -0.2) is 52.6 Å². The summed E-state index contributed by atoms with van der Waals surface area (Å²) in [6, 6.07) is 5.04. The maximum absolute atomic E-state index is 12.9. The highest BCUT2D eigenvalue weighted by molar-refractivity contribution is 5.75. The molecular formula is C19H24F3N5O. The van der Waals surface area contributed by atoms with Gasteiger partial charge >= 0.3 is 12.2 Å². The van der Waals surface area contributed by atoms with Gasteiger partial charge in [-0.25, -0.2) is 9.78 Å². The standard InChI is InChI=1S/C19H24F3N5O/c1-18(2,3)25-17(28)27-9-7-26(8-10-27)16-23-12-15(24-16)13-5-4-6-14(11-13)19(20,21)22/h4-6,11-12H,7-10H2,1-3H3,(H,23,24)(H,25,28). The van der Waals surface area contributed by atoms with E-state index >= 15 is 0 Å². The van der Waals surface area contributed by atoms with E-state index in [0.29, 0.717) is 43.4 Å². The lowest BCUT2D eigenvalue weighted by atomic mass is 10.1. The zero-order valence-electron chi connectivity index (χ0n) is 16.1. The van der Waals surface area contributed by atoms with Crippen molar-refractivity contribution < 1.29 is 18.0 Å². The summed E-state index contributed by atoms with van der Waals surface area (Å²) in [6.45, 7) is 8.06. The van der Waals surface area contributed by atoms with Crippen LogP contribution in [0, 0.1) is 0 Å². The number of rotatable bonds is 2. The fourth-order valence-electron chi connectivity index (χ4n) is 3.00. The van der Waals surface area contributed by atoms with Crippen LogP contribution < -0.4 is 10.2 Å². The number of hydrogen-bond acceptors (Lipinski definition) is 3. The number of anilines is 1. The molecule has 6 nitrogen and oxygen atoms in total. The number of alkyl halides is 3.